The lowest BCUT2D eigenvalue weighted by molar-refractivity contribution is 1.18. The smallest absolute Gasteiger partial charge is 0.0547 e. The van der Waals surface area contributed by atoms with Gasteiger partial charge in [0.25, 0.3) is 0 Å². The summed E-state index contributed by atoms with van der Waals surface area (Å²) in [5.74, 6) is 0. The number of fused-ring (bicyclic) bond motifs is 3. The van der Waals surface area contributed by atoms with Gasteiger partial charge in [0, 0.05) is 16.5 Å². The second kappa shape index (κ2) is 10.9. The van der Waals surface area contributed by atoms with E-state index >= 15 is 0 Å². The number of aromatic nitrogens is 1. The minimum Gasteiger partial charge on any atom is -0.309 e. The summed E-state index contributed by atoms with van der Waals surface area (Å²) in [6.45, 7) is 2.14. The van der Waals surface area contributed by atoms with Crippen LogP contribution in [0.5, 0.6) is 0 Å². The number of hydrogen-bond acceptors (Lipinski definition) is 0. The van der Waals surface area contributed by atoms with Crippen LogP contribution in [-0.2, 0) is 0 Å². The summed E-state index contributed by atoms with van der Waals surface area (Å²) < 4.78 is 2.45. The molecule has 208 valence electrons. The second-order valence-corrected chi connectivity index (χ2v) is 11.5. The van der Waals surface area contributed by atoms with Crippen LogP contribution in [0.2, 0.25) is 0 Å². The summed E-state index contributed by atoms with van der Waals surface area (Å²) >= 11 is 0. The van der Waals surface area contributed by atoms with E-state index < -0.39 is 0 Å². The van der Waals surface area contributed by atoms with E-state index in [1.807, 2.05) is 0 Å². The van der Waals surface area contributed by atoms with Gasteiger partial charge in [0.1, 0.15) is 0 Å². The molecule has 0 saturated heterocycles. The Kier molecular flexibility index (Phi) is 6.43. The predicted molar refractivity (Wildman–Crippen MR) is 187 cm³/mol. The Morgan fingerprint density at radius 2 is 0.864 bits per heavy atom. The molecule has 1 aromatic heterocycles. The first kappa shape index (κ1) is 26.0. The zero-order valence-electron chi connectivity index (χ0n) is 24.6. The summed E-state index contributed by atoms with van der Waals surface area (Å²) in [6, 6.07) is 61.7. The van der Waals surface area contributed by atoms with Crippen LogP contribution >= 0.6 is 0 Å². The van der Waals surface area contributed by atoms with Crippen molar-refractivity contribution in [1.29, 1.82) is 0 Å². The standard InChI is InChI=1S/C43H31N/c1-30-20-22-33(23-21-30)38-16-8-9-17-39(38)34-24-25-41-40-18-10-11-19-42(40)44(43(41)29-34)37-27-35(31-12-4-2-5-13-31)26-36(28-37)32-14-6-3-7-15-32/h2-29H,1H3. The van der Waals surface area contributed by atoms with Crippen molar-refractivity contribution >= 4 is 21.8 Å². The molecule has 0 saturated carbocycles. The lowest BCUT2D eigenvalue weighted by atomic mass is 9.93. The Morgan fingerprint density at radius 1 is 0.341 bits per heavy atom. The molecule has 1 heteroatoms. The Balaban J connectivity index is 1.39. The van der Waals surface area contributed by atoms with Crippen molar-refractivity contribution in [2.24, 2.45) is 0 Å². The highest BCUT2D eigenvalue weighted by Gasteiger charge is 2.16. The van der Waals surface area contributed by atoms with E-state index in [0.29, 0.717) is 0 Å². The monoisotopic (exact) mass is 561 g/mol. The zero-order valence-corrected chi connectivity index (χ0v) is 24.6. The second-order valence-electron chi connectivity index (χ2n) is 11.5. The van der Waals surface area contributed by atoms with E-state index in [2.05, 4.69) is 181 Å². The van der Waals surface area contributed by atoms with E-state index in [0.717, 1.165) is 5.69 Å². The van der Waals surface area contributed by atoms with Crippen molar-refractivity contribution in [2.45, 2.75) is 6.92 Å². The molecule has 0 aliphatic carbocycles. The van der Waals surface area contributed by atoms with Gasteiger partial charge in [-0.3, -0.25) is 0 Å². The maximum absolute atomic E-state index is 2.45. The first-order valence-electron chi connectivity index (χ1n) is 15.2. The topological polar surface area (TPSA) is 4.93 Å². The minimum atomic E-state index is 1.15. The molecule has 1 heterocycles. The molecule has 0 bridgehead atoms. The largest absolute Gasteiger partial charge is 0.309 e. The lowest BCUT2D eigenvalue weighted by Crippen LogP contribution is -1.96. The van der Waals surface area contributed by atoms with Crippen molar-refractivity contribution < 1.29 is 0 Å². The third-order valence-corrected chi connectivity index (χ3v) is 8.66. The zero-order chi connectivity index (χ0) is 29.5. The number of aryl methyl sites for hydroxylation is 1. The van der Waals surface area contributed by atoms with Crippen LogP contribution in [0.15, 0.2) is 170 Å². The van der Waals surface area contributed by atoms with Gasteiger partial charge in [-0.25, -0.2) is 0 Å². The van der Waals surface area contributed by atoms with E-state index in [-0.39, 0.29) is 0 Å². The van der Waals surface area contributed by atoms with Crippen molar-refractivity contribution in [3.8, 4) is 50.2 Å². The third-order valence-electron chi connectivity index (χ3n) is 8.66. The molecule has 8 rings (SSSR count). The molecule has 44 heavy (non-hydrogen) atoms. The molecule has 0 aliphatic rings. The summed E-state index contributed by atoms with van der Waals surface area (Å²) in [7, 11) is 0. The summed E-state index contributed by atoms with van der Waals surface area (Å²) in [5.41, 5.74) is 14.6. The molecule has 0 unspecified atom stereocenters. The van der Waals surface area contributed by atoms with Crippen molar-refractivity contribution in [3.63, 3.8) is 0 Å². The fourth-order valence-electron chi connectivity index (χ4n) is 6.47. The normalized spacial score (nSPS) is 11.3. The van der Waals surface area contributed by atoms with Gasteiger partial charge in [-0.2, -0.15) is 0 Å². The Bertz CT molecular complexity index is 2200. The van der Waals surface area contributed by atoms with Crippen molar-refractivity contribution in [2.75, 3.05) is 0 Å². The molecular formula is C43H31N. The first-order valence-corrected chi connectivity index (χ1v) is 15.2. The van der Waals surface area contributed by atoms with Crippen molar-refractivity contribution in [1.82, 2.24) is 4.57 Å². The van der Waals surface area contributed by atoms with Crippen LogP contribution in [0.1, 0.15) is 5.56 Å². The first-order chi connectivity index (χ1) is 21.7. The molecule has 0 N–H and O–H groups in total. The predicted octanol–water partition coefficient (Wildman–Crippen LogP) is 11.8. The Morgan fingerprint density at radius 3 is 1.52 bits per heavy atom. The van der Waals surface area contributed by atoms with E-state index in [9.17, 15) is 0 Å². The molecular weight excluding hydrogens is 530 g/mol. The van der Waals surface area contributed by atoms with Crippen LogP contribution in [0, 0.1) is 6.92 Å². The van der Waals surface area contributed by atoms with Gasteiger partial charge in [-0.05, 0) is 81.8 Å². The lowest BCUT2D eigenvalue weighted by Gasteiger charge is -2.15. The Labute approximate surface area is 258 Å². The molecule has 7 aromatic carbocycles. The van der Waals surface area contributed by atoms with Crippen LogP contribution < -0.4 is 0 Å². The van der Waals surface area contributed by atoms with Gasteiger partial charge >= 0.3 is 0 Å². The number of nitrogens with zero attached hydrogens (tertiary/aromatic N) is 1. The summed E-state index contributed by atoms with van der Waals surface area (Å²) in [6.07, 6.45) is 0. The SMILES string of the molecule is Cc1ccc(-c2ccccc2-c2ccc3c4ccccc4n(-c4cc(-c5ccccc5)cc(-c5ccccc5)c4)c3c2)cc1. The average Bonchev–Trinajstić information content (AvgIpc) is 3.43. The van der Waals surface area contributed by atoms with Crippen LogP contribution in [0.4, 0.5) is 0 Å². The molecule has 8 aromatic rings. The molecule has 0 amide bonds. The van der Waals surface area contributed by atoms with Crippen LogP contribution in [0.3, 0.4) is 0 Å². The minimum absolute atomic E-state index is 1.15. The highest BCUT2D eigenvalue weighted by atomic mass is 15.0. The third kappa shape index (κ3) is 4.60. The van der Waals surface area contributed by atoms with Gasteiger partial charge in [0.05, 0.1) is 11.0 Å². The highest BCUT2D eigenvalue weighted by molar-refractivity contribution is 6.10. The van der Waals surface area contributed by atoms with Crippen LogP contribution in [0.25, 0.3) is 72.0 Å². The van der Waals surface area contributed by atoms with E-state index in [1.165, 1.54) is 71.9 Å². The number of rotatable bonds is 5. The number of benzene rings is 7. The number of para-hydroxylation sites is 1. The fourth-order valence-corrected chi connectivity index (χ4v) is 6.47. The Hall–Kier alpha value is -5.66. The fraction of sp³-hybridized carbons (Fsp3) is 0.0233. The maximum atomic E-state index is 2.45. The van der Waals surface area contributed by atoms with E-state index in [1.54, 1.807) is 0 Å². The average molecular weight is 562 g/mol. The number of hydrogen-bond donors (Lipinski definition) is 0. The van der Waals surface area contributed by atoms with Gasteiger partial charge in [0.15, 0.2) is 0 Å². The van der Waals surface area contributed by atoms with E-state index in [4.69, 9.17) is 0 Å². The van der Waals surface area contributed by atoms with Crippen LogP contribution in [-0.4, -0.2) is 4.57 Å². The van der Waals surface area contributed by atoms with Gasteiger partial charge in [0.2, 0.25) is 0 Å². The quantitative estimate of drug-likeness (QED) is 0.197. The van der Waals surface area contributed by atoms with Gasteiger partial charge < -0.3 is 4.57 Å². The highest BCUT2D eigenvalue weighted by Crippen LogP contribution is 2.39. The summed E-state index contributed by atoms with van der Waals surface area (Å²) in [4.78, 5) is 0. The molecule has 0 radical (unpaired) electrons. The maximum Gasteiger partial charge on any atom is 0.0547 e. The summed E-state index contributed by atoms with van der Waals surface area (Å²) in [5, 5.41) is 2.51. The van der Waals surface area contributed by atoms with Crippen molar-refractivity contribution in [3.05, 3.63) is 175 Å². The molecule has 0 aliphatic heterocycles. The molecule has 0 spiro atoms. The molecule has 1 nitrogen and oxygen atoms in total. The molecule has 0 atom stereocenters. The van der Waals surface area contributed by atoms with Gasteiger partial charge in [-0.1, -0.05) is 145 Å². The molecule has 0 fully saturated rings. The van der Waals surface area contributed by atoms with Gasteiger partial charge in [-0.15, -0.1) is 0 Å².